The number of benzene rings is 2. The number of unbranched alkanes of at least 4 members (excludes halogenated alkanes) is 3. The van der Waals surface area contributed by atoms with Gasteiger partial charge in [-0.3, -0.25) is 14.4 Å². The summed E-state index contributed by atoms with van der Waals surface area (Å²) in [5.41, 5.74) is 7.64. The molecule has 0 aromatic heterocycles. The number of rotatable bonds is 13. The first kappa shape index (κ1) is 32.3. The Morgan fingerprint density at radius 1 is 0.925 bits per heavy atom. The van der Waals surface area contributed by atoms with Crippen molar-refractivity contribution in [2.45, 2.75) is 91.3 Å². The Bertz CT molecular complexity index is 1170. The monoisotopic (exact) mass is 552 g/mol. The van der Waals surface area contributed by atoms with Crippen LogP contribution in [0.3, 0.4) is 0 Å². The summed E-state index contributed by atoms with van der Waals surface area (Å²) in [6.45, 7) is 11.2. The number of primary amides is 1. The van der Waals surface area contributed by atoms with Crippen molar-refractivity contribution in [1.82, 2.24) is 10.2 Å². The van der Waals surface area contributed by atoms with Crippen molar-refractivity contribution >= 4 is 29.5 Å². The number of para-hydroxylation sites is 1. The van der Waals surface area contributed by atoms with Crippen LogP contribution in [-0.2, 0) is 19.1 Å². The molecule has 9 nitrogen and oxygen atoms in total. The van der Waals surface area contributed by atoms with Gasteiger partial charge in [-0.15, -0.1) is 0 Å². The molecule has 0 aliphatic rings. The van der Waals surface area contributed by atoms with E-state index >= 15 is 0 Å². The first-order valence-corrected chi connectivity index (χ1v) is 13.8. The van der Waals surface area contributed by atoms with Gasteiger partial charge in [0.15, 0.2) is 0 Å². The van der Waals surface area contributed by atoms with E-state index in [0.717, 1.165) is 30.4 Å². The molecule has 0 radical (unpaired) electrons. The van der Waals surface area contributed by atoms with E-state index < -0.39 is 47.9 Å². The molecule has 2 atom stereocenters. The van der Waals surface area contributed by atoms with Crippen LogP contribution in [0, 0.1) is 13.8 Å². The lowest BCUT2D eigenvalue weighted by molar-refractivity contribution is -0.142. The van der Waals surface area contributed by atoms with Gasteiger partial charge < -0.3 is 26.0 Å². The largest absolute Gasteiger partial charge is 0.444 e. The maximum absolute atomic E-state index is 14.2. The summed E-state index contributed by atoms with van der Waals surface area (Å²) < 4.78 is 5.34. The van der Waals surface area contributed by atoms with E-state index in [1.165, 1.54) is 4.90 Å². The highest BCUT2D eigenvalue weighted by atomic mass is 16.6. The molecule has 2 unspecified atom stereocenters. The first-order chi connectivity index (χ1) is 18.8. The number of carbonyl (C=O) groups is 4. The number of aryl methyl sites for hydroxylation is 2. The fourth-order valence-corrected chi connectivity index (χ4v) is 4.39. The summed E-state index contributed by atoms with van der Waals surface area (Å²) >= 11 is 0. The van der Waals surface area contributed by atoms with Crippen LogP contribution in [0.5, 0.6) is 0 Å². The predicted octanol–water partition coefficient (Wildman–Crippen LogP) is 5.16. The highest BCUT2D eigenvalue weighted by Crippen LogP contribution is 2.28. The minimum atomic E-state index is -1.31. The number of nitrogens with zero attached hydrogens (tertiary/aromatic N) is 1. The lowest BCUT2D eigenvalue weighted by atomic mass is 9.97. The Morgan fingerprint density at radius 2 is 1.55 bits per heavy atom. The first-order valence-electron chi connectivity index (χ1n) is 13.8. The second-order valence-electron chi connectivity index (χ2n) is 11.0. The van der Waals surface area contributed by atoms with E-state index in [1.807, 2.05) is 56.3 Å². The molecular weight excluding hydrogens is 508 g/mol. The Labute approximate surface area is 237 Å². The molecule has 2 aromatic carbocycles. The van der Waals surface area contributed by atoms with Gasteiger partial charge in [-0.2, -0.15) is 0 Å². The Hall–Kier alpha value is -3.88. The zero-order chi connectivity index (χ0) is 29.9. The molecule has 4 amide bonds. The predicted molar refractivity (Wildman–Crippen MR) is 157 cm³/mol. The van der Waals surface area contributed by atoms with Crippen LogP contribution in [0.1, 0.15) is 82.5 Å². The van der Waals surface area contributed by atoms with Crippen molar-refractivity contribution in [2.24, 2.45) is 5.73 Å². The number of nitrogens with one attached hydrogen (secondary N) is 2. The lowest BCUT2D eigenvalue weighted by Crippen LogP contribution is -2.53. The van der Waals surface area contributed by atoms with Gasteiger partial charge in [0, 0.05) is 12.2 Å². The third kappa shape index (κ3) is 10.0. The topological polar surface area (TPSA) is 131 Å². The molecule has 0 saturated heterocycles. The smallest absolute Gasteiger partial charge is 0.408 e. The standard InChI is InChI=1S/C31H44N4O5/c1-7-8-9-14-19-35(29(38)25(20-26(32)36)34-30(39)40-31(4,5)6)27(23-17-12-10-15-21(23)2)28(37)33-24-18-13-11-16-22(24)3/h10-13,15-18,25,27H,7-9,14,19-20H2,1-6H3,(H2,32,36)(H,33,37)(H,34,39). The van der Waals surface area contributed by atoms with Crippen molar-refractivity contribution in [3.63, 3.8) is 0 Å². The molecule has 0 aliphatic carbocycles. The normalized spacial score (nSPS) is 12.7. The molecule has 0 spiro atoms. The van der Waals surface area contributed by atoms with Gasteiger partial charge in [-0.05, 0) is 63.8 Å². The summed E-state index contributed by atoms with van der Waals surface area (Å²) in [6.07, 6.45) is 2.15. The molecular formula is C31H44N4O5. The van der Waals surface area contributed by atoms with E-state index in [2.05, 4.69) is 17.6 Å². The van der Waals surface area contributed by atoms with Crippen molar-refractivity contribution in [1.29, 1.82) is 0 Å². The molecule has 0 aliphatic heterocycles. The number of alkyl carbamates (subject to hydrolysis) is 1. The van der Waals surface area contributed by atoms with Gasteiger partial charge in [0.05, 0.1) is 6.42 Å². The molecule has 218 valence electrons. The lowest BCUT2D eigenvalue weighted by Gasteiger charge is -2.35. The molecule has 9 heteroatoms. The number of carbonyl (C=O) groups excluding carboxylic acids is 4. The minimum Gasteiger partial charge on any atom is -0.444 e. The minimum absolute atomic E-state index is 0.240. The van der Waals surface area contributed by atoms with E-state index in [9.17, 15) is 19.2 Å². The zero-order valence-electron chi connectivity index (χ0n) is 24.6. The average Bonchev–Trinajstić information content (AvgIpc) is 2.86. The summed E-state index contributed by atoms with van der Waals surface area (Å²) in [5.74, 6) is -1.76. The average molecular weight is 553 g/mol. The van der Waals surface area contributed by atoms with Gasteiger partial charge in [0.25, 0.3) is 5.91 Å². The van der Waals surface area contributed by atoms with E-state index in [4.69, 9.17) is 10.5 Å². The van der Waals surface area contributed by atoms with Crippen molar-refractivity contribution in [3.8, 4) is 0 Å². The Balaban J connectivity index is 2.56. The number of nitrogens with two attached hydrogens (primary N) is 1. The molecule has 2 aromatic rings. The molecule has 0 bridgehead atoms. The van der Waals surface area contributed by atoms with E-state index in [1.54, 1.807) is 26.8 Å². The van der Waals surface area contributed by atoms with Gasteiger partial charge in [0.1, 0.15) is 17.7 Å². The molecule has 0 saturated carbocycles. The summed E-state index contributed by atoms with van der Waals surface area (Å²) in [5, 5.41) is 5.51. The molecule has 4 N–H and O–H groups in total. The summed E-state index contributed by atoms with van der Waals surface area (Å²) in [7, 11) is 0. The van der Waals surface area contributed by atoms with Crippen LogP contribution < -0.4 is 16.4 Å². The van der Waals surface area contributed by atoms with Gasteiger partial charge in [-0.1, -0.05) is 68.7 Å². The maximum Gasteiger partial charge on any atom is 0.408 e. The van der Waals surface area contributed by atoms with Crippen molar-refractivity contribution < 1.29 is 23.9 Å². The van der Waals surface area contributed by atoms with Crippen LogP contribution in [0.2, 0.25) is 0 Å². The number of ether oxygens (including phenoxy) is 1. The third-order valence-electron chi connectivity index (χ3n) is 6.38. The summed E-state index contributed by atoms with van der Waals surface area (Å²) in [4.78, 5) is 54.3. The van der Waals surface area contributed by atoms with Crippen LogP contribution in [0.25, 0.3) is 0 Å². The Morgan fingerprint density at radius 3 is 2.12 bits per heavy atom. The highest BCUT2D eigenvalue weighted by Gasteiger charge is 2.37. The van der Waals surface area contributed by atoms with E-state index in [-0.39, 0.29) is 6.54 Å². The number of anilines is 1. The van der Waals surface area contributed by atoms with Gasteiger partial charge in [0.2, 0.25) is 11.8 Å². The molecule has 40 heavy (non-hydrogen) atoms. The van der Waals surface area contributed by atoms with E-state index in [0.29, 0.717) is 17.7 Å². The third-order valence-corrected chi connectivity index (χ3v) is 6.38. The fraction of sp³-hybridized carbons (Fsp3) is 0.484. The summed E-state index contributed by atoms with van der Waals surface area (Å²) in [6, 6.07) is 12.4. The number of hydrogen-bond donors (Lipinski definition) is 3. The van der Waals surface area contributed by atoms with Crippen LogP contribution in [0.4, 0.5) is 10.5 Å². The van der Waals surface area contributed by atoms with Crippen molar-refractivity contribution in [3.05, 3.63) is 65.2 Å². The second-order valence-corrected chi connectivity index (χ2v) is 11.0. The fourth-order valence-electron chi connectivity index (χ4n) is 4.39. The highest BCUT2D eigenvalue weighted by molar-refractivity contribution is 6.00. The molecule has 2 rings (SSSR count). The van der Waals surface area contributed by atoms with Crippen molar-refractivity contribution in [2.75, 3.05) is 11.9 Å². The zero-order valence-corrected chi connectivity index (χ0v) is 24.6. The quantitative estimate of drug-likeness (QED) is 0.296. The van der Waals surface area contributed by atoms with Gasteiger partial charge in [-0.25, -0.2) is 4.79 Å². The molecule has 0 fully saturated rings. The number of amides is 4. The number of hydrogen-bond acceptors (Lipinski definition) is 5. The van der Waals surface area contributed by atoms with Crippen LogP contribution in [-0.4, -0.2) is 46.9 Å². The molecule has 0 heterocycles. The SMILES string of the molecule is CCCCCCN(C(=O)C(CC(N)=O)NC(=O)OC(C)(C)C)C(C(=O)Nc1ccccc1C)c1ccccc1C. The second kappa shape index (κ2) is 15.1. The van der Waals surface area contributed by atoms with Crippen LogP contribution >= 0.6 is 0 Å². The maximum atomic E-state index is 14.2. The van der Waals surface area contributed by atoms with Crippen LogP contribution in [0.15, 0.2) is 48.5 Å². The Kier molecular flexibility index (Phi) is 12.2. The van der Waals surface area contributed by atoms with Gasteiger partial charge >= 0.3 is 6.09 Å².